The molecule has 0 atom stereocenters. The molecule has 0 bridgehead atoms. The van der Waals surface area contributed by atoms with E-state index in [9.17, 15) is 4.79 Å². The molecule has 0 spiro atoms. The van der Waals surface area contributed by atoms with Crippen LogP contribution in [0, 0.1) is 0 Å². The predicted octanol–water partition coefficient (Wildman–Crippen LogP) is 3.89. The average molecular weight is 316 g/mol. The number of hydrogen-bond acceptors (Lipinski definition) is 2. The molecule has 0 unspecified atom stereocenters. The van der Waals surface area contributed by atoms with E-state index in [1.165, 1.54) is 0 Å². The molecule has 0 N–H and O–H groups in total. The number of likely N-dealkylation sites (N-methyl/N-ethyl adjacent to an activating group) is 1. The summed E-state index contributed by atoms with van der Waals surface area (Å²) in [6.07, 6.45) is 3.37. The van der Waals surface area contributed by atoms with Crippen molar-refractivity contribution in [2.45, 2.75) is 0 Å². The molecule has 22 heavy (non-hydrogen) atoms. The molecule has 0 aliphatic heterocycles. The van der Waals surface area contributed by atoms with Crippen LogP contribution in [0.5, 0.6) is 5.75 Å². The fourth-order valence-corrected chi connectivity index (χ4v) is 1.93. The van der Waals surface area contributed by atoms with E-state index in [2.05, 4.69) is 0 Å². The minimum atomic E-state index is -0.0523. The van der Waals surface area contributed by atoms with Gasteiger partial charge in [-0.05, 0) is 35.9 Å². The summed E-state index contributed by atoms with van der Waals surface area (Å²) >= 11 is 5.81. The van der Waals surface area contributed by atoms with E-state index in [1.54, 1.807) is 48.4 Å². The molecular weight excluding hydrogens is 298 g/mol. The molecule has 2 aromatic rings. The number of benzene rings is 2. The average Bonchev–Trinajstić information content (AvgIpc) is 2.55. The number of ether oxygens (including phenoxy) is 1. The lowest BCUT2D eigenvalue weighted by Crippen LogP contribution is -2.29. The summed E-state index contributed by atoms with van der Waals surface area (Å²) in [7, 11) is 1.75. The molecular formula is C18H18ClNO2. The van der Waals surface area contributed by atoms with Gasteiger partial charge in [0.05, 0.1) is 6.54 Å². The summed E-state index contributed by atoms with van der Waals surface area (Å²) in [6, 6.07) is 16.9. The Morgan fingerprint density at radius 2 is 1.82 bits per heavy atom. The molecule has 114 valence electrons. The van der Waals surface area contributed by atoms with Crippen LogP contribution in [0.3, 0.4) is 0 Å². The van der Waals surface area contributed by atoms with E-state index < -0.39 is 0 Å². The fraction of sp³-hybridized carbons (Fsp3) is 0.167. The van der Waals surface area contributed by atoms with Crippen molar-refractivity contribution in [3.63, 3.8) is 0 Å². The normalized spacial score (nSPS) is 10.6. The van der Waals surface area contributed by atoms with Gasteiger partial charge in [0, 0.05) is 18.1 Å². The summed E-state index contributed by atoms with van der Waals surface area (Å²) in [5, 5.41) is 0.672. The smallest absolute Gasteiger partial charge is 0.246 e. The maximum absolute atomic E-state index is 12.0. The van der Waals surface area contributed by atoms with Gasteiger partial charge in [-0.3, -0.25) is 4.79 Å². The zero-order chi connectivity index (χ0) is 15.8. The van der Waals surface area contributed by atoms with Crippen molar-refractivity contribution in [1.82, 2.24) is 4.90 Å². The Morgan fingerprint density at radius 3 is 2.50 bits per heavy atom. The number of nitrogens with zero attached hydrogens (tertiary/aromatic N) is 1. The second-order valence-corrected chi connectivity index (χ2v) is 5.24. The molecule has 3 nitrogen and oxygen atoms in total. The molecule has 1 amide bonds. The maximum atomic E-state index is 12.0. The summed E-state index contributed by atoms with van der Waals surface area (Å²) in [6.45, 7) is 0.948. The lowest BCUT2D eigenvalue weighted by atomic mass is 10.2. The van der Waals surface area contributed by atoms with Gasteiger partial charge < -0.3 is 9.64 Å². The number of carbonyl (C=O) groups excluding carboxylic acids is 1. The van der Waals surface area contributed by atoms with Crippen molar-refractivity contribution >= 4 is 23.6 Å². The third kappa shape index (κ3) is 5.26. The zero-order valence-corrected chi connectivity index (χ0v) is 13.2. The summed E-state index contributed by atoms with van der Waals surface area (Å²) in [4.78, 5) is 13.6. The molecule has 2 aromatic carbocycles. The lowest BCUT2D eigenvalue weighted by Gasteiger charge is -2.15. The van der Waals surface area contributed by atoms with E-state index in [1.807, 2.05) is 30.3 Å². The fourth-order valence-electron chi connectivity index (χ4n) is 1.80. The van der Waals surface area contributed by atoms with Crippen LogP contribution in [0.4, 0.5) is 0 Å². The SMILES string of the molecule is CN(CCOc1ccc(Cl)cc1)C(=O)/C=C/c1ccccc1. The highest BCUT2D eigenvalue weighted by Crippen LogP contribution is 2.15. The second kappa shape index (κ2) is 8.25. The number of halogens is 1. The van der Waals surface area contributed by atoms with Gasteiger partial charge in [0.25, 0.3) is 0 Å². The summed E-state index contributed by atoms with van der Waals surface area (Å²) < 4.78 is 5.57. The van der Waals surface area contributed by atoms with Crippen LogP contribution in [-0.2, 0) is 4.79 Å². The first-order chi connectivity index (χ1) is 10.6. The van der Waals surface area contributed by atoms with Crippen LogP contribution < -0.4 is 4.74 Å². The van der Waals surface area contributed by atoms with Crippen LogP contribution in [0.15, 0.2) is 60.7 Å². The van der Waals surface area contributed by atoms with Crippen molar-refractivity contribution in [3.05, 3.63) is 71.3 Å². The Morgan fingerprint density at radius 1 is 1.14 bits per heavy atom. The van der Waals surface area contributed by atoms with E-state index >= 15 is 0 Å². The molecule has 0 aliphatic carbocycles. The van der Waals surface area contributed by atoms with Gasteiger partial charge in [-0.2, -0.15) is 0 Å². The van der Waals surface area contributed by atoms with Crippen molar-refractivity contribution < 1.29 is 9.53 Å². The van der Waals surface area contributed by atoms with Crippen LogP contribution in [-0.4, -0.2) is 31.0 Å². The molecule has 0 aliphatic rings. The van der Waals surface area contributed by atoms with Gasteiger partial charge in [-0.1, -0.05) is 41.9 Å². The number of hydrogen-bond donors (Lipinski definition) is 0. The summed E-state index contributed by atoms with van der Waals surface area (Å²) in [5.41, 5.74) is 1.00. The summed E-state index contributed by atoms with van der Waals surface area (Å²) in [5.74, 6) is 0.689. The Balaban J connectivity index is 1.76. The molecule has 2 rings (SSSR count). The molecule has 0 heterocycles. The molecule has 0 fully saturated rings. The van der Waals surface area contributed by atoms with Crippen molar-refractivity contribution in [2.75, 3.05) is 20.2 Å². The third-order valence-electron chi connectivity index (χ3n) is 3.10. The number of carbonyl (C=O) groups is 1. The van der Waals surface area contributed by atoms with Gasteiger partial charge in [0.15, 0.2) is 0 Å². The van der Waals surface area contributed by atoms with Crippen LogP contribution in [0.2, 0.25) is 5.02 Å². The molecule has 0 saturated carbocycles. The van der Waals surface area contributed by atoms with Crippen molar-refractivity contribution in [3.8, 4) is 5.75 Å². The van der Waals surface area contributed by atoms with Gasteiger partial charge >= 0.3 is 0 Å². The second-order valence-electron chi connectivity index (χ2n) is 4.81. The molecule has 0 radical (unpaired) electrons. The highest BCUT2D eigenvalue weighted by atomic mass is 35.5. The number of rotatable bonds is 6. The topological polar surface area (TPSA) is 29.5 Å². The largest absolute Gasteiger partial charge is 0.492 e. The highest BCUT2D eigenvalue weighted by molar-refractivity contribution is 6.30. The van der Waals surface area contributed by atoms with Gasteiger partial charge in [-0.25, -0.2) is 0 Å². The maximum Gasteiger partial charge on any atom is 0.246 e. The quantitative estimate of drug-likeness (QED) is 0.757. The van der Waals surface area contributed by atoms with Gasteiger partial charge in [-0.15, -0.1) is 0 Å². The first kappa shape index (κ1) is 16.1. The van der Waals surface area contributed by atoms with E-state index in [4.69, 9.17) is 16.3 Å². The monoisotopic (exact) mass is 315 g/mol. The minimum absolute atomic E-state index is 0.0523. The van der Waals surface area contributed by atoms with Crippen molar-refractivity contribution in [2.24, 2.45) is 0 Å². The molecule has 0 saturated heterocycles. The standard InChI is InChI=1S/C18H18ClNO2/c1-20(13-14-22-17-10-8-16(19)9-11-17)18(21)12-7-15-5-3-2-4-6-15/h2-12H,13-14H2,1H3/b12-7+. The highest BCUT2D eigenvalue weighted by Gasteiger charge is 2.04. The van der Waals surface area contributed by atoms with Gasteiger partial charge in [0.1, 0.15) is 12.4 Å². The van der Waals surface area contributed by atoms with E-state index in [0.717, 1.165) is 11.3 Å². The third-order valence-corrected chi connectivity index (χ3v) is 3.36. The number of amides is 1. The Hall–Kier alpha value is -2.26. The van der Waals surface area contributed by atoms with Crippen LogP contribution in [0.25, 0.3) is 6.08 Å². The van der Waals surface area contributed by atoms with Gasteiger partial charge in [0.2, 0.25) is 5.91 Å². The minimum Gasteiger partial charge on any atom is -0.492 e. The van der Waals surface area contributed by atoms with E-state index in [-0.39, 0.29) is 5.91 Å². The lowest BCUT2D eigenvalue weighted by molar-refractivity contribution is -0.125. The first-order valence-electron chi connectivity index (χ1n) is 7.02. The molecule has 4 heteroatoms. The van der Waals surface area contributed by atoms with Crippen LogP contribution >= 0.6 is 11.6 Å². The first-order valence-corrected chi connectivity index (χ1v) is 7.39. The predicted molar refractivity (Wildman–Crippen MR) is 90.1 cm³/mol. The Kier molecular flexibility index (Phi) is 6.04. The molecule has 0 aromatic heterocycles. The van der Waals surface area contributed by atoms with E-state index in [0.29, 0.717) is 18.2 Å². The van der Waals surface area contributed by atoms with Crippen molar-refractivity contribution in [1.29, 1.82) is 0 Å². The Labute approximate surface area is 135 Å². The van der Waals surface area contributed by atoms with Crippen LogP contribution in [0.1, 0.15) is 5.56 Å². The zero-order valence-electron chi connectivity index (χ0n) is 12.4. The Bertz CT molecular complexity index is 623.